The minimum atomic E-state index is -1.18. The average Bonchev–Trinajstić information content (AvgIpc) is 2.63. The van der Waals surface area contributed by atoms with Crippen LogP contribution in [0.3, 0.4) is 0 Å². The van der Waals surface area contributed by atoms with E-state index in [0.717, 1.165) is 16.3 Å². The maximum Gasteiger partial charge on any atom is 0.322 e. The lowest BCUT2D eigenvalue weighted by molar-refractivity contribution is -0.137. The maximum atomic E-state index is 12.0. The summed E-state index contributed by atoms with van der Waals surface area (Å²) in [6.45, 7) is -1.14. The highest BCUT2D eigenvalue weighted by molar-refractivity contribution is 5.92. The first-order valence-electron chi connectivity index (χ1n) is 7.94. The number of hydrogen-bond donors (Lipinski definition) is 4. The Labute approximate surface area is 149 Å². The highest BCUT2D eigenvalue weighted by Gasteiger charge is 2.10. The van der Waals surface area contributed by atoms with Crippen LogP contribution in [-0.4, -0.2) is 48.4 Å². The SMILES string of the molecule is O=C(O)CNC(=O)CNC(=O)CNC(=O)Cc1cccc2ccccc12. The van der Waals surface area contributed by atoms with E-state index in [1.54, 1.807) is 0 Å². The van der Waals surface area contributed by atoms with Crippen molar-refractivity contribution in [2.45, 2.75) is 6.42 Å². The van der Waals surface area contributed by atoms with Crippen LogP contribution < -0.4 is 16.0 Å². The minimum absolute atomic E-state index is 0.133. The molecule has 0 aliphatic heterocycles. The quantitative estimate of drug-likeness (QED) is 0.521. The molecule has 0 spiro atoms. The fraction of sp³-hybridized carbons (Fsp3) is 0.222. The summed E-state index contributed by atoms with van der Waals surface area (Å²) >= 11 is 0. The van der Waals surface area contributed by atoms with Gasteiger partial charge in [-0.25, -0.2) is 0 Å². The van der Waals surface area contributed by atoms with Crippen molar-refractivity contribution in [3.63, 3.8) is 0 Å². The number of carbonyl (C=O) groups is 4. The number of hydrogen-bond acceptors (Lipinski definition) is 4. The largest absolute Gasteiger partial charge is 0.480 e. The molecule has 3 amide bonds. The molecule has 0 saturated heterocycles. The van der Waals surface area contributed by atoms with Gasteiger partial charge in [0.25, 0.3) is 0 Å². The van der Waals surface area contributed by atoms with Crippen molar-refractivity contribution in [3.8, 4) is 0 Å². The molecule has 0 bridgehead atoms. The average molecular weight is 357 g/mol. The van der Waals surface area contributed by atoms with Crippen LogP contribution in [0.15, 0.2) is 42.5 Å². The highest BCUT2D eigenvalue weighted by atomic mass is 16.4. The Morgan fingerprint density at radius 1 is 0.731 bits per heavy atom. The van der Waals surface area contributed by atoms with Crippen LogP contribution in [0.1, 0.15) is 5.56 Å². The Kier molecular flexibility index (Phi) is 6.67. The second kappa shape index (κ2) is 9.16. The van der Waals surface area contributed by atoms with E-state index in [9.17, 15) is 19.2 Å². The summed E-state index contributed by atoms with van der Waals surface area (Å²) in [7, 11) is 0. The summed E-state index contributed by atoms with van der Waals surface area (Å²) in [6.07, 6.45) is 0.133. The van der Waals surface area contributed by atoms with E-state index in [1.807, 2.05) is 42.5 Å². The lowest BCUT2D eigenvalue weighted by Gasteiger charge is -2.08. The molecule has 0 heterocycles. The van der Waals surface area contributed by atoms with Crippen LogP contribution in [0.4, 0.5) is 0 Å². The van der Waals surface area contributed by atoms with Gasteiger partial charge in [0.05, 0.1) is 19.5 Å². The molecule has 8 nitrogen and oxygen atoms in total. The Balaban J connectivity index is 1.77. The van der Waals surface area contributed by atoms with E-state index < -0.39 is 24.3 Å². The number of fused-ring (bicyclic) bond motifs is 1. The molecule has 2 rings (SSSR count). The zero-order valence-corrected chi connectivity index (χ0v) is 14.0. The highest BCUT2D eigenvalue weighted by Crippen LogP contribution is 2.18. The first-order valence-corrected chi connectivity index (χ1v) is 7.94. The number of nitrogens with one attached hydrogen (secondary N) is 3. The summed E-state index contributed by atoms with van der Waals surface area (Å²) in [6, 6.07) is 13.4. The van der Waals surface area contributed by atoms with Crippen molar-refractivity contribution >= 4 is 34.5 Å². The van der Waals surface area contributed by atoms with Crippen LogP contribution in [0.5, 0.6) is 0 Å². The molecule has 136 valence electrons. The second-order valence-corrected chi connectivity index (χ2v) is 5.54. The van der Waals surface area contributed by atoms with Gasteiger partial charge >= 0.3 is 5.97 Å². The lowest BCUT2D eigenvalue weighted by Crippen LogP contribution is -2.43. The molecule has 2 aromatic rings. The van der Waals surface area contributed by atoms with Gasteiger partial charge in [-0.15, -0.1) is 0 Å². The first-order chi connectivity index (χ1) is 12.5. The van der Waals surface area contributed by atoms with E-state index in [-0.39, 0.29) is 25.4 Å². The topological polar surface area (TPSA) is 125 Å². The van der Waals surface area contributed by atoms with E-state index >= 15 is 0 Å². The number of amides is 3. The zero-order valence-electron chi connectivity index (χ0n) is 14.0. The Morgan fingerprint density at radius 2 is 1.31 bits per heavy atom. The number of rotatable bonds is 8. The smallest absolute Gasteiger partial charge is 0.322 e. The third-order valence-electron chi connectivity index (χ3n) is 3.56. The summed E-state index contributed by atoms with van der Waals surface area (Å²) in [4.78, 5) is 45.3. The predicted octanol–water partition coefficient (Wildman–Crippen LogP) is -0.184. The van der Waals surface area contributed by atoms with Crippen LogP contribution in [0.2, 0.25) is 0 Å². The predicted molar refractivity (Wildman–Crippen MR) is 94.3 cm³/mol. The third kappa shape index (κ3) is 5.90. The van der Waals surface area contributed by atoms with Crippen LogP contribution in [0, 0.1) is 0 Å². The van der Waals surface area contributed by atoms with E-state index in [2.05, 4.69) is 16.0 Å². The molecule has 2 aromatic carbocycles. The molecule has 0 fully saturated rings. The number of aliphatic carboxylic acids is 1. The number of carboxylic acids is 1. The molecular weight excluding hydrogens is 338 g/mol. The molecule has 26 heavy (non-hydrogen) atoms. The van der Waals surface area contributed by atoms with Gasteiger partial charge in [-0.2, -0.15) is 0 Å². The van der Waals surface area contributed by atoms with Gasteiger partial charge in [-0.05, 0) is 16.3 Å². The molecule has 0 aliphatic carbocycles. The molecule has 0 aliphatic rings. The summed E-state index contributed by atoms with van der Waals surface area (Å²) in [5.74, 6) is -2.65. The normalized spacial score (nSPS) is 10.2. The fourth-order valence-electron chi connectivity index (χ4n) is 2.34. The van der Waals surface area contributed by atoms with Gasteiger partial charge < -0.3 is 21.1 Å². The summed E-state index contributed by atoms with van der Waals surface area (Å²) < 4.78 is 0. The Bertz CT molecular complexity index is 829. The molecule has 4 N–H and O–H groups in total. The molecule has 0 aromatic heterocycles. The van der Waals surface area contributed by atoms with Crippen molar-refractivity contribution in [3.05, 3.63) is 48.0 Å². The maximum absolute atomic E-state index is 12.0. The van der Waals surface area contributed by atoms with Crippen molar-refractivity contribution < 1.29 is 24.3 Å². The molecular formula is C18H19N3O5. The van der Waals surface area contributed by atoms with Gasteiger partial charge in [-0.3, -0.25) is 19.2 Å². The third-order valence-corrected chi connectivity index (χ3v) is 3.56. The van der Waals surface area contributed by atoms with Gasteiger partial charge in [0.15, 0.2) is 0 Å². The summed E-state index contributed by atoms with van der Waals surface area (Å²) in [5.41, 5.74) is 0.856. The van der Waals surface area contributed by atoms with Gasteiger partial charge in [0.1, 0.15) is 6.54 Å². The van der Waals surface area contributed by atoms with Crippen molar-refractivity contribution in [1.29, 1.82) is 0 Å². The summed E-state index contributed by atoms with van der Waals surface area (Å²) in [5, 5.41) is 17.3. The number of carbonyl (C=O) groups excluding carboxylic acids is 3. The first kappa shape index (κ1) is 18.9. The van der Waals surface area contributed by atoms with Crippen LogP contribution >= 0.6 is 0 Å². The Morgan fingerprint density at radius 3 is 2.00 bits per heavy atom. The molecule has 0 saturated carbocycles. The standard InChI is InChI=1S/C18H19N3O5/c22-15(8-13-6-3-5-12-4-1-2-7-14(12)13)19-9-16(23)20-10-17(24)21-11-18(25)26/h1-7H,8-11H2,(H,19,22)(H,20,23)(H,21,24)(H,25,26). The number of carboxylic acid groups (broad SMARTS) is 1. The van der Waals surface area contributed by atoms with Crippen LogP contribution in [0.25, 0.3) is 10.8 Å². The van der Waals surface area contributed by atoms with Gasteiger partial charge in [-0.1, -0.05) is 42.5 Å². The molecule has 0 atom stereocenters. The number of benzene rings is 2. The van der Waals surface area contributed by atoms with Gasteiger partial charge in [0.2, 0.25) is 17.7 Å². The van der Waals surface area contributed by atoms with E-state index in [1.165, 1.54) is 0 Å². The van der Waals surface area contributed by atoms with Gasteiger partial charge in [0, 0.05) is 0 Å². The van der Waals surface area contributed by atoms with E-state index in [0.29, 0.717) is 0 Å². The zero-order chi connectivity index (χ0) is 18.9. The van der Waals surface area contributed by atoms with Crippen molar-refractivity contribution in [1.82, 2.24) is 16.0 Å². The molecule has 0 radical (unpaired) electrons. The monoisotopic (exact) mass is 357 g/mol. The van der Waals surface area contributed by atoms with E-state index in [4.69, 9.17) is 5.11 Å². The minimum Gasteiger partial charge on any atom is -0.480 e. The second-order valence-electron chi connectivity index (χ2n) is 5.54. The van der Waals surface area contributed by atoms with Crippen molar-refractivity contribution in [2.24, 2.45) is 0 Å². The van der Waals surface area contributed by atoms with Crippen LogP contribution in [-0.2, 0) is 25.6 Å². The molecule has 0 unspecified atom stereocenters. The van der Waals surface area contributed by atoms with Crippen molar-refractivity contribution in [2.75, 3.05) is 19.6 Å². The fourth-order valence-corrected chi connectivity index (χ4v) is 2.34. The Hall–Kier alpha value is -3.42. The molecule has 8 heteroatoms. The lowest BCUT2D eigenvalue weighted by atomic mass is 10.0.